The molecule has 0 N–H and O–H groups in total. The molecule has 5 heteroatoms. The topological polar surface area (TPSA) is 15.7 Å². The molecule has 0 fully saturated rings. The van der Waals surface area contributed by atoms with E-state index >= 15 is 0 Å². The number of fused-ring (bicyclic) bond motifs is 10. The minimum Gasteiger partial charge on any atom is -0.457 e. The zero-order valence-electron chi connectivity index (χ0n) is 27.5. The van der Waals surface area contributed by atoms with Crippen molar-refractivity contribution in [2.75, 3.05) is 9.80 Å². The number of hydrogen-bond acceptors (Lipinski definition) is 4. The summed E-state index contributed by atoms with van der Waals surface area (Å²) in [5, 5.41) is 4.94. The number of thiophene rings is 1. The average molecular weight is 669 g/mol. The molecule has 0 unspecified atom stereocenters. The van der Waals surface area contributed by atoms with Gasteiger partial charge in [0.25, 0.3) is 6.71 Å². The third-order valence-corrected chi connectivity index (χ3v) is 11.7. The second-order valence-corrected chi connectivity index (χ2v) is 14.3. The molecule has 51 heavy (non-hydrogen) atoms. The molecule has 238 valence electrons. The van der Waals surface area contributed by atoms with Crippen LogP contribution in [-0.4, -0.2) is 6.71 Å². The van der Waals surface area contributed by atoms with Crippen molar-refractivity contribution in [2.24, 2.45) is 0 Å². The van der Waals surface area contributed by atoms with Gasteiger partial charge >= 0.3 is 0 Å². The van der Waals surface area contributed by atoms with E-state index in [1.54, 1.807) is 0 Å². The van der Waals surface area contributed by atoms with E-state index in [-0.39, 0.29) is 6.71 Å². The van der Waals surface area contributed by atoms with Crippen LogP contribution in [0.1, 0.15) is 0 Å². The highest BCUT2D eigenvalue weighted by Crippen LogP contribution is 2.49. The second-order valence-electron chi connectivity index (χ2n) is 13.3. The zero-order chi connectivity index (χ0) is 33.5. The van der Waals surface area contributed by atoms with E-state index in [0.717, 1.165) is 34.2 Å². The van der Waals surface area contributed by atoms with Crippen molar-refractivity contribution in [2.45, 2.75) is 0 Å². The molecule has 0 amide bonds. The lowest BCUT2D eigenvalue weighted by Crippen LogP contribution is -2.59. The molecule has 2 aliphatic heterocycles. The summed E-state index contributed by atoms with van der Waals surface area (Å²) >= 11 is 1.85. The molecule has 0 saturated carbocycles. The van der Waals surface area contributed by atoms with Gasteiger partial charge in [-0.25, -0.2) is 0 Å². The third kappa shape index (κ3) is 4.25. The quantitative estimate of drug-likeness (QED) is 0.174. The summed E-state index contributed by atoms with van der Waals surface area (Å²) < 4.78 is 9.48. The minimum absolute atomic E-state index is 0.0759. The highest BCUT2D eigenvalue weighted by molar-refractivity contribution is 7.27. The summed E-state index contributed by atoms with van der Waals surface area (Å²) in [7, 11) is 0. The van der Waals surface area contributed by atoms with Crippen LogP contribution >= 0.6 is 11.3 Å². The number of rotatable bonds is 4. The Hall–Kier alpha value is -6.30. The van der Waals surface area contributed by atoms with Gasteiger partial charge in [-0.3, -0.25) is 0 Å². The third-order valence-electron chi connectivity index (χ3n) is 10.5. The molecule has 0 atom stereocenters. The fraction of sp³-hybridized carbons (Fsp3) is 0. The van der Waals surface area contributed by atoms with E-state index in [0.29, 0.717) is 0 Å². The van der Waals surface area contributed by atoms with Gasteiger partial charge < -0.3 is 14.5 Å². The van der Waals surface area contributed by atoms with E-state index in [9.17, 15) is 0 Å². The molecule has 0 saturated heterocycles. The Labute approximate surface area is 300 Å². The average Bonchev–Trinajstić information content (AvgIpc) is 3.58. The Morgan fingerprint density at radius 3 is 1.90 bits per heavy atom. The Kier molecular flexibility index (Phi) is 6.22. The van der Waals surface area contributed by atoms with Crippen LogP contribution in [0.2, 0.25) is 0 Å². The molecule has 0 bridgehead atoms. The van der Waals surface area contributed by atoms with Gasteiger partial charge in [0.2, 0.25) is 0 Å². The number of ether oxygens (including phenoxy) is 1. The molecule has 0 aliphatic carbocycles. The van der Waals surface area contributed by atoms with Gasteiger partial charge in [-0.2, -0.15) is 0 Å². The van der Waals surface area contributed by atoms with Gasteiger partial charge in [0.15, 0.2) is 0 Å². The van der Waals surface area contributed by atoms with Crippen molar-refractivity contribution in [1.29, 1.82) is 0 Å². The predicted molar refractivity (Wildman–Crippen MR) is 217 cm³/mol. The van der Waals surface area contributed by atoms with Gasteiger partial charge in [0, 0.05) is 49.6 Å². The molecule has 0 spiro atoms. The molecule has 3 heterocycles. The van der Waals surface area contributed by atoms with Crippen molar-refractivity contribution in [3.63, 3.8) is 0 Å². The molecule has 11 rings (SSSR count). The maximum atomic E-state index is 7.00. The maximum Gasteiger partial charge on any atom is 0.256 e. The summed E-state index contributed by atoms with van der Waals surface area (Å²) in [5.41, 5.74) is 10.7. The standard InChI is InChI=1S/C46H29BN2OS/c1-4-14-31(15-5-1)48(32-16-6-2-7-17-32)34-25-27-35-30(28-34)24-26-36-37-29-41-43-44(46(37)51-45(35)36)50-42-23-13-11-21-39(42)47(43)38-20-10-12-22-40(38)49(41)33-18-8-3-9-19-33/h1-29H. The first-order valence-corrected chi connectivity index (χ1v) is 18.2. The van der Waals surface area contributed by atoms with Crippen LogP contribution in [0.15, 0.2) is 176 Å². The number of para-hydroxylation sites is 5. The Morgan fingerprint density at radius 2 is 1.14 bits per heavy atom. The first-order chi connectivity index (χ1) is 25.3. The summed E-state index contributed by atoms with van der Waals surface area (Å²) in [6, 6.07) is 63.3. The number of nitrogens with zero attached hydrogens (tertiary/aromatic N) is 2. The first-order valence-electron chi connectivity index (χ1n) is 17.4. The summed E-state index contributed by atoms with van der Waals surface area (Å²) in [6.07, 6.45) is 0. The van der Waals surface area contributed by atoms with Gasteiger partial charge in [0.1, 0.15) is 11.5 Å². The van der Waals surface area contributed by atoms with Crippen LogP contribution in [-0.2, 0) is 0 Å². The molecule has 0 radical (unpaired) electrons. The fourth-order valence-corrected chi connectivity index (χ4v) is 9.59. The Bertz CT molecular complexity index is 2760. The van der Waals surface area contributed by atoms with Gasteiger partial charge in [-0.05, 0) is 93.9 Å². The first kappa shape index (κ1) is 28.5. The van der Waals surface area contributed by atoms with Crippen molar-refractivity contribution >= 4 is 99.5 Å². The number of benzene rings is 8. The molecule has 9 aromatic rings. The Balaban J connectivity index is 1.16. The fourth-order valence-electron chi connectivity index (χ4n) is 8.28. The largest absolute Gasteiger partial charge is 0.457 e. The molecule has 1 aromatic heterocycles. The lowest BCUT2D eigenvalue weighted by Gasteiger charge is -2.40. The molecule has 8 aromatic carbocycles. The van der Waals surface area contributed by atoms with Gasteiger partial charge in [-0.1, -0.05) is 109 Å². The van der Waals surface area contributed by atoms with Crippen LogP contribution in [0.3, 0.4) is 0 Å². The van der Waals surface area contributed by atoms with E-state index in [2.05, 4.69) is 186 Å². The van der Waals surface area contributed by atoms with Crippen molar-refractivity contribution < 1.29 is 4.74 Å². The van der Waals surface area contributed by atoms with Crippen LogP contribution in [0, 0.1) is 0 Å². The molecule has 3 nitrogen and oxygen atoms in total. The second kappa shape index (κ2) is 11.1. The van der Waals surface area contributed by atoms with Gasteiger partial charge in [0.05, 0.1) is 4.70 Å². The number of anilines is 6. The van der Waals surface area contributed by atoms with Crippen LogP contribution in [0.25, 0.3) is 30.9 Å². The smallest absolute Gasteiger partial charge is 0.256 e. The molecule has 2 aliphatic rings. The van der Waals surface area contributed by atoms with Crippen molar-refractivity contribution in [3.05, 3.63) is 176 Å². The van der Waals surface area contributed by atoms with E-state index in [4.69, 9.17) is 4.74 Å². The van der Waals surface area contributed by atoms with Crippen LogP contribution in [0.4, 0.5) is 34.1 Å². The lowest BCUT2D eigenvalue weighted by atomic mass is 9.34. The Morgan fingerprint density at radius 1 is 0.490 bits per heavy atom. The number of hydrogen-bond donors (Lipinski definition) is 0. The lowest BCUT2D eigenvalue weighted by molar-refractivity contribution is 0.494. The summed E-state index contributed by atoms with van der Waals surface area (Å²) in [4.78, 5) is 4.76. The maximum absolute atomic E-state index is 7.00. The molecular weight excluding hydrogens is 639 g/mol. The summed E-state index contributed by atoms with van der Waals surface area (Å²) in [5.74, 6) is 1.91. The van der Waals surface area contributed by atoms with Crippen LogP contribution in [0.5, 0.6) is 11.5 Å². The van der Waals surface area contributed by atoms with Crippen molar-refractivity contribution in [1.82, 2.24) is 0 Å². The van der Waals surface area contributed by atoms with E-state index in [1.807, 2.05) is 11.3 Å². The normalized spacial score (nSPS) is 12.8. The minimum atomic E-state index is 0.0759. The van der Waals surface area contributed by atoms with Crippen LogP contribution < -0.4 is 30.9 Å². The van der Waals surface area contributed by atoms with E-state index < -0.39 is 0 Å². The monoisotopic (exact) mass is 668 g/mol. The SMILES string of the molecule is c1ccc(N(c2ccccc2)c2ccc3c(ccc4c5cc6c7c(c5sc34)Oc3ccccc3B7c3ccccc3N6c3ccccc3)c2)cc1. The predicted octanol–water partition coefficient (Wildman–Crippen LogP) is 11.1. The van der Waals surface area contributed by atoms with E-state index in [1.165, 1.54) is 58.7 Å². The van der Waals surface area contributed by atoms with Gasteiger partial charge in [-0.15, -0.1) is 11.3 Å². The highest BCUT2D eigenvalue weighted by atomic mass is 32.1. The van der Waals surface area contributed by atoms with Crippen molar-refractivity contribution in [3.8, 4) is 11.5 Å². The zero-order valence-corrected chi connectivity index (χ0v) is 28.3. The molecular formula is C46H29BN2OS. The summed E-state index contributed by atoms with van der Waals surface area (Å²) in [6.45, 7) is 0.0759. The highest BCUT2D eigenvalue weighted by Gasteiger charge is 2.42.